The zero-order valence-corrected chi connectivity index (χ0v) is 6.41. The van der Waals surface area contributed by atoms with E-state index >= 15 is 0 Å². The predicted octanol–water partition coefficient (Wildman–Crippen LogP) is 0.619. The monoisotopic (exact) mass is 161 g/mol. The van der Waals surface area contributed by atoms with Crippen molar-refractivity contribution in [2.75, 3.05) is 5.75 Å². The van der Waals surface area contributed by atoms with Crippen LogP contribution in [0.25, 0.3) is 0 Å². The molecule has 0 aromatic rings. The number of carbonyl (C=O) groups is 1. The highest BCUT2D eigenvalue weighted by molar-refractivity contribution is 8.12. The van der Waals surface area contributed by atoms with E-state index in [0.29, 0.717) is 0 Å². The summed E-state index contributed by atoms with van der Waals surface area (Å²) in [7, 11) is 0. The summed E-state index contributed by atoms with van der Waals surface area (Å²) in [6, 6.07) is 0. The average molecular weight is 161 g/mol. The summed E-state index contributed by atoms with van der Waals surface area (Å²) < 4.78 is -0.686. The van der Waals surface area contributed by atoms with Crippen LogP contribution in [0.3, 0.4) is 0 Å². The molecule has 1 N–H and O–H groups in total. The van der Waals surface area contributed by atoms with E-state index in [9.17, 15) is 4.79 Å². The molecule has 0 saturated carbocycles. The first kappa shape index (κ1) is 7.02. The second-order valence-corrected chi connectivity index (χ2v) is 3.95. The molecule has 0 bridgehead atoms. The van der Waals surface area contributed by atoms with Crippen molar-refractivity contribution in [3.05, 3.63) is 12.3 Å². The van der Waals surface area contributed by atoms with Gasteiger partial charge in [-0.2, -0.15) is 0 Å². The van der Waals surface area contributed by atoms with Crippen LogP contribution in [0.1, 0.15) is 0 Å². The maximum Gasteiger partial charge on any atom is 0.184 e. The van der Waals surface area contributed by atoms with Gasteiger partial charge >= 0.3 is 0 Å². The SMILES string of the molecule is O=CC1(S)NC=CCS1. The summed E-state index contributed by atoms with van der Waals surface area (Å²) in [5.41, 5.74) is 0. The highest BCUT2D eigenvalue weighted by Crippen LogP contribution is 2.26. The van der Waals surface area contributed by atoms with Crippen LogP contribution in [0.2, 0.25) is 0 Å². The van der Waals surface area contributed by atoms with E-state index in [-0.39, 0.29) is 0 Å². The number of thiol groups is 1. The fourth-order valence-corrected chi connectivity index (χ4v) is 1.48. The van der Waals surface area contributed by atoms with Crippen molar-refractivity contribution >= 4 is 30.7 Å². The molecule has 4 heteroatoms. The molecule has 0 saturated heterocycles. The minimum absolute atomic E-state index is 0.686. The number of thioether (sulfide) groups is 1. The van der Waals surface area contributed by atoms with Gasteiger partial charge in [0, 0.05) is 5.75 Å². The third-order valence-corrected chi connectivity index (χ3v) is 2.60. The Balaban J connectivity index is 2.60. The van der Waals surface area contributed by atoms with E-state index in [2.05, 4.69) is 17.9 Å². The maximum absolute atomic E-state index is 10.3. The zero-order valence-electron chi connectivity index (χ0n) is 4.70. The Morgan fingerprint density at radius 1 is 1.89 bits per heavy atom. The number of carbonyl (C=O) groups excluding carboxylic acids is 1. The minimum Gasteiger partial charge on any atom is -0.363 e. The Bertz CT molecular complexity index is 148. The molecule has 1 aliphatic heterocycles. The van der Waals surface area contributed by atoms with E-state index in [0.717, 1.165) is 12.0 Å². The molecule has 0 spiro atoms. The van der Waals surface area contributed by atoms with E-state index < -0.39 is 4.20 Å². The Kier molecular flexibility index (Phi) is 2.08. The van der Waals surface area contributed by atoms with Gasteiger partial charge in [0.1, 0.15) is 0 Å². The standard InChI is InChI=1S/C5H7NOS2/c7-4-5(8)6-2-1-3-9-5/h1-2,4,6,8H,3H2. The summed E-state index contributed by atoms with van der Waals surface area (Å²) in [6.45, 7) is 0. The van der Waals surface area contributed by atoms with Gasteiger partial charge in [0.05, 0.1) is 0 Å². The molecule has 0 aromatic heterocycles. The average Bonchev–Trinajstić information content (AvgIpc) is 1.90. The lowest BCUT2D eigenvalue weighted by molar-refractivity contribution is -0.108. The maximum atomic E-state index is 10.3. The first-order chi connectivity index (χ1) is 4.27. The van der Waals surface area contributed by atoms with Gasteiger partial charge < -0.3 is 5.32 Å². The molecular weight excluding hydrogens is 154 g/mol. The molecule has 1 rings (SSSR count). The van der Waals surface area contributed by atoms with E-state index in [1.807, 2.05) is 6.08 Å². The lowest BCUT2D eigenvalue weighted by Gasteiger charge is -2.23. The largest absolute Gasteiger partial charge is 0.363 e. The molecule has 0 amide bonds. The molecule has 2 nitrogen and oxygen atoms in total. The molecule has 50 valence electrons. The zero-order chi connectivity index (χ0) is 6.74. The van der Waals surface area contributed by atoms with Gasteiger partial charge in [-0.1, -0.05) is 6.08 Å². The molecule has 1 heterocycles. The van der Waals surface area contributed by atoms with Crippen LogP contribution in [0.5, 0.6) is 0 Å². The second kappa shape index (κ2) is 2.66. The Morgan fingerprint density at radius 2 is 2.67 bits per heavy atom. The first-order valence-corrected chi connectivity index (χ1v) is 3.95. The number of hydrogen-bond donors (Lipinski definition) is 2. The summed E-state index contributed by atoms with van der Waals surface area (Å²) in [5.74, 6) is 0.842. The number of aldehydes is 1. The van der Waals surface area contributed by atoms with Crippen molar-refractivity contribution in [3.63, 3.8) is 0 Å². The van der Waals surface area contributed by atoms with Crippen LogP contribution in [-0.2, 0) is 4.79 Å². The van der Waals surface area contributed by atoms with Gasteiger partial charge in [0.2, 0.25) is 0 Å². The molecule has 1 unspecified atom stereocenters. The Morgan fingerprint density at radius 3 is 3.00 bits per heavy atom. The first-order valence-electron chi connectivity index (χ1n) is 2.52. The highest BCUT2D eigenvalue weighted by Gasteiger charge is 2.24. The quantitative estimate of drug-likeness (QED) is 0.436. The molecule has 9 heavy (non-hydrogen) atoms. The Hall–Kier alpha value is -0.0900. The molecule has 0 fully saturated rings. The van der Waals surface area contributed by atoms with Crippen LogP contribution < -0.4 is 5.32 Å². The summed E-state index contributed by atoms with van der Waals surface area (Å²) in [4.78, 5) is 10.3. The van der Waals surface area contributed by atoms with Gasteiger partial charge in [-0.05, 0) is 6.20 Å². The smallest absolute Gasteiger partial charge is 0.184 e. The van der Waals surface area contributed by atoms with Crippen molar-refractivity contribution in [3.8, 4) is 0 Å². The van der Waals surface area contributed by atoms with Crippen molar-refractivity contribution in [2.45, 2.75) is 4.20 Å². The van der Waals surface area contributed by atoms with E-state index in [1.165, 1.54) is 11.8 Å². The van der Waals surface area contributed by atoms with Crippen LogP contribution in [0, 0.1) is 0 Å². The van der Waals surface area contributed by atoms with Crippen molar-refractivity contribution in [1.29, 1.82) is 0 Å². The molecule has 1 aliphatic rings. The second-order valence-electron chi connectivity index (χ2n) is 1.67. The van der Waals surface area contributed by atoms with Gasteiger partial charge in [-0.25, -0.2) is 0 Å². The summed E-state index contributed by atoms with van der Waals surface area (Å²) >= 11 is 5.55. The molecule has 0 radical (unpaired) electrons. The fraction of sp³-hybridized carbons (Fsp3) is 0.400. The predicted molar refractivity (Wildman–Crippen MR) is 42.5 cm³/mol. The summed E-state index contributed by atoms with van der Waals surface area (Å²) in [5, 5.41) is 2.82. The lowest BCUT2D eigenvalue weighted by Crippen LogP contribution is -2.36. The van der Waals surface area contributed by atoms with Crippen molar-refractivity contribution in [1.82, 2.24) is 5.32 Å². The van der Waals surface area contributed by atoms with Crippen molar-refractivity contribution in [2.24, 2.45) is 0 Å². The third kappa shape index (κ3) is 1.66. The van der Waals surface area contributed by atoms with E-state index in [1.54, 1.807) is 6.20 Å². The van der Waals surface area contributed by atoms with Crippen LogP contribution in [0.15, 0.2) is 12.3 Å². The van der Waals surface area contributed by atoms with Gasteiger partial charge in [0.25, 0.3) is 0 Å². The van der Waals surface area contributed by atoms with Crippen LogP contribution in [-0.4, -0.2) is 16.2 Å². The topological polar surface area (TPSA) is 29.1 Å². The molecule has 1 atom stereocenters. The molecule has 0 aliphatic carbocycles. The fourth-order valence-electron chi connectivity index (χ4n) is 0.511. The number of nitrogens with one attached hydrogen (secondary N) is 1. The van der Waals surface area contributed by atoms with Crippen molar-refractivity contribution < 1.29 is 4.79 Å². The summed E-state index contributed by atoms with van der Waals surface area (Å²) in [6.07, 6.45) is 4.49. The van der Waals surface area contributed by atoms with Gasteiger partial charge in [-0.3, -0.25) is 4.79 Å². The number of hydrogen-bond acceptors (Lipinski definition) is 4. The highest BCUT2D eigenvalue weighted by atomic mass is 32.2. The third-order valence-electron chi connectivity index (χ3n) is 0.967. The Labute approximate surface area is 63.5 Å². The molecule has 0 aromatic carbocycles. The van der Waals surface area contributed by atoms with E-state index in [4.69, 9.17) is 0 Å². The normalized spacial score (nSPS) is 33.4. The van der Waals surface area contributed by atoms with Crippen LogP contribution in [0.4, 0.5) is 0 Å². The lowest BCUT2D eigenvalue weighted by atomic mass is 10.6. The number of rotatable bonds is 1. The van der Waals surface area contributed by atoms with Crippen LogP contribution >= 0.6 is 24.4 Å². The molecular formula is C5H7NOS2. The minimum atomic E-state index is -0.686. The van der Waals surface area contributed by atoms with Gasteiger partial charge in [0.15, 0.2) is 10.5 Å². The van der Waals surface area contributed by atoms with Gasteiger partial charge in [-0.15, -0.1) is 24.4 Å².